The minimum atomic E-state index is -1.08. The van der Waals surface area contributed by atoms with E-state index in [2.05, 4.69) is 0 Å². The van der Waals surface area contributed by atoms with E-state index in [4.69, 9.17) is 0 Å². The second kappa shape index (κ2) is 6.47. The second-order valence-electron chi connectivity index (χ2n) is 5.33. The fourth-order valence-electron chi connectivity index (χ4n) is 2.67. The Hall–Kier alpha value is -2.90. The lowest BCUT2D eigenvalue weighted by molar-refractivity contribution is -0.456. The van der Waals surface area contributed by atoms with E-state index in [0.29, 0.717) is 24.1 Å². The van der Waals surface area contributed by atoms with Crippen LogP contribution < -0.4 is 0 Å². The average Bonchev–Trinajstić information content (AvgIpc) is 2.47. The van der Waals surface area contributed by atoms with E-state index < -0.39 is 15.8 Å². The Balaban J connectivity index is 2.60. The summed E-state index contributed by atoms with van der Waals surface area (Å²) in [6.45, 7) is 3.99. The van der Waals surface area contributed by atoms with Gasteiger partial charge in [-0.2, -0.15) is 0 Å². The van der Waals surface area contributed by atoms with Gasteiger partial charge in [0.1, 0.15) is 5.75 Å². The molecule has 0 saturated heterocycles. The highest BCUT2D eigenvalue weighted by molar-refractivity contribution is 5.43. The van der Waals surface area contributed by atoms with Crippen LogP contribution in [-0.2, 0) is 0 Å². The molecule has 1 aliphatic heterocycles. The minimum Gasteiger partial charge on any atom is -0.508 e. The molecule has 2 rings (SSSR count). The maximum atomic E-state index is 11.4. The van der Waals surface area contributed by atoms with Gasteiger partial charge in [0.2, 0.25) is 0 Å². The number of hydrogen-bond donors (Lipinski definition) is 1. The summed E-state index contributed by atoms with van der Waals surface area (Å²) in [5, 5.41) is 32.4. The molecule has 122 valence electrons. The molecule has 0 aliphatic carbocycles. The van der Waals surface area contributed by atoms with Gasteiger partial charge >= 0.3 is 0 Å². The van der Waals surface area contributed by atoms with Crippen molar-refractivity contribution in [2.75, 3.05) is 6.54 Å². The van der Waals surface area contributed by atoms with Crippen molar-refractivity contribution < 1.29 is 15.0 Å². The van der Waals surface area contributed by atoms with Gasteiger partial charge in [-0.15, -0.1) is 0 Å². The molecule has 23 heavy (non-hydrogen) atoms. The summed E-state index contributed by atoms with van der Waals surface area (Å²) < 4.78 is 0. The summed E-state index contributed by atoms with van der Waals surface area (Å²) in [6, 6.07) is 4.29. The maximum Gasteiger partial charge on any atom is 0.280 e. The Bertz CT molecular complexity index is 679. The molecule has 1 aromatic carbocycles. The summed E-state index contributed by atoms with van der Waals surface area (Å²) >= 11 is 0. The zero-order valence-electron chi connectivity index (χ0n) is 12.8. The molecule has 0 unspecified atom stereocenters. The van der Waals surface area contributed by atoms with Crippen LogP contribution in [0.1, 0.15) is 30.4 Å². The third-order valence-corrected chi connectivity index (χ3v) is 3.66. The van der Waals surface area contributed by atoms with Crippen LogP contribution >= 0.6 is 0 Å². The smallest absolute Gasteiger partial charge is 0.280 e. The van der Waals surface area contributed by atoms with Gasteiger partial charge < -0.3 is 10.0 Å². The van der Waals surface area contributed by atoms with E-state index in [1.165, 1.54) is 35.5 Å². The van der Waals surface area contributed by atoms with Crippen LogP contribution in [0.3, 0.4) is 0 Å². The van der Waals surface area contributed by atoms with E-state index in [-0.39, 0.29) is 17.1 Å². The van der Waals surface area contributed by atoms with Crippen LogP contribution in [0.25, 0.3) is 0 Å². The first-order valence-corrected chi connectivity index (χ1v) is 7.12. The molecule has 0 spiro atoms. The molecule has 0 amide bonds. The molecule has 0 saturated carbocycles. The fraction of sp³-hybridized carbons (Fsp3) is 0.333. The number of benzene rings is 1. The van der Waals surface area contributed by atoms with Crippen LogP contribution in [0.5, 0.6) is 5.75 Å². The van der Waals surface area contributed by atoms with Crippen LogP contribution in [0.4, 0.5) is 0 Å². The highest BCUT2D eigenvalue weighted by Crippen LogP contribution is 2.38. The van der Waals surface area contributed by atoms with E-state index in [1.54, 1.807) is 6.92 Å². The lowest BCUT2D eigenvalue weighted by atomic mass is 9.88. The molecular formula is C15H17N3O5. The molecule has 0 bridgehead atoms. The summed E-state index contributed by atoms with van der Waals surface area (Å²) in [7, 11) is 0. The highest BCUT2D eigenvalue weighted by Gasteiger charge is 2.42. The van der Waals surface area contributed by atoms with Crippen molar-refractivity contribution in [1.82, 2.24) is 4.90 Å². The molecule has 1 N–H and O–H groups in total. The van der Waals surface area contributed by atoms with Crippen molar-refractivity contribution in [2.24, 2.45) is 0 Å². The summed E-state index contributed by atoms with van der Waals surface area (Å²) in [6.07, 6.45) is 3.38. The number of nitrogens with zero attached hydrogens (tertiary/aromatic N) is 3. The van der Waals surface area contributed by atoms with E-state index in [0.717, 1.165) is 0 Å². The molecule has 0 aromatic heterocycles. The normalized spacial score (nSPS) is 15.1. The van der Waals surface area contributed by atoms with Gasteiger partial charge in [-0.3, -0.25) is 20.2 Å². The third kappa shape index (κ3) is 3.31. The largest absolute Gasteiger partial charge is 0.508 e. The van der Waals surface area contributed by atoms with Crippen molar-refractivity contribution in [3.05, 3.63) is 73.3 Å². The predicted molar refractivity (Wildman–Crippen MR) is 82.7 cm³/mol. The fourth-order valence-corrected chi connectivity index (χ4v) is 2.67. The zero-order chi connectivity index (χ0) is 17.1. The molecule has 0 radical (unpaired) electrons. The number of phenolic OH excluding ortho intramolecular Hbond substituents is 1. The standard InChI is InChI=1S/C15H17N3O5/c1-3-6-16-8-13(17(20)21)15(14(9-16)18(22)23)12-5-4-11(19)7-10(12)2/h4-5,7-9,15,19H,3,6H2,1-2H3. The number of nitro groups is 2. The number of hydrogen-bond acceptors (Lipinski definition) is 6. The Morgan fingerprint density at radius 2 is 1.74 bits per heavy atom. The molecule has 8 nitrogen and oxygen atoms in total. The predicted octanol–water partition coefficient (Wildman–Crippen LogP) is 2.75. The topological polar surface area (TPSA) is 110 Å². The van der Waals surface area contributed by atoms with Crippen molar-refractivity contribution in [3.8, 4) is 5.75 Å². The number of rotatable bonds is 5. The van der Waals surface area contributed by atoms with Gasteiger partial charge in [-0.25, -0.2) is 0 Å². The first-order chi connectivity index (χ1) is 10.8. The maximum absolute atomic E-state index is 11.4. The van der Waals surface area contributed by atoms with Gasteiger partial charge in [-0.1, -0.05) is 13.0 Å². The third-order valence-electron chi connectivity index (χ3n) is 3.66. The van der Waals surface area contributed by atoms with Gasteiger partial charge in [-0.05, 0) is 36.6 Å². The zero-order valence-corrected chi connectivity index (χ0v) is 12.8. The van der Waals surface area contributed by atoms with Crippen molar-refractivity contribution in [1.29, 1.82) is 0 Å². The SMILES string of the molecule is CCCN1C=C([N+](=O)[O-])C(c2ccc(O)cc2C)C([N+](=O)[O-])=C1. The van der Waals surface area contributed by atoms with Gasteiger partial charge in [0.25, 0.3) is 11.4 Å². The second-order valence-corrected chi connectivity index (χ2v) is 5.33. The highest BCUT2D eigenvalue weighted by atomic mass is 16.6. The molecule has 1 aromatic rings. The Morgan fingerprint density at radius 1 is 1.17 bits per heavy atom. The van der Waals surface area contributed by atoms with E-state index in [9.17, 15) is 25.3 Å². The van der Waals surface area contributed by atoms with Crippen LogP contribution in [0.15, 0.2) is 42.0 Å². The van der Waals surface area contributed by atoms with Crippen molar-refractivity contribution >= 4 is 0 Å². The summed E-state index contributed by atoms with van der Waals surface area (Å²) in [5.74, 6) is -1.07. The molecule has 8 heteroatoms. The van der Waals surface area contributed by atoms with Gasteiger partial charge in [0.15, 0.2) is 5.92 Å². The van der Waals surface area contributed by atoms with Crippen LogP contribution in [0, 0.1) is 27.2 Å². The average molecular weight is 319 g/mol. The van der Waals surface area contributed by atoms with Crippen molar-refractivity contribution in [2.45, 2.75) is 26.2 Å². The molecule has 1 heterocycles. The first-order valence-electron chi connectivity index (χ1n) is 7.12. The monoisotopic (exact) mass is 319 g/mol. The minimum absolute atomic E-state index is 0.00735. The molecule has 1 aliphatic rings. The van der Waals surface area contributed by atoms with Gasteiger partial charge in [0, 0.05) is 6.54 Å². The number of aromatic hydroxyl groups is 1. The lowest BCUT2D eigenvalue weighted by Crippen LogP contribution is -2.27. The number of phenols is 1. The van der Waals surface area contributed by atoms with Crippen LogP contribution in [-0.4, -0.2) is 26.4 Å². The summed E-state index contributed by atoms with van der Waals surface area (Å²) in [5.41, 5.74) is 0.493. The van der Waals surface area contributed by atoms with Gasteiger partial charge in [0.05, 0.1) is 22.2 Å². The van der Waals surface area contributed by atoms with Crippen LogP contribution in [0.2, 0.25) is 0 Å². The molecular weight excluding hydrogens is 302 g/mol. The van der Waals surface area contributed by atoms with E-state index in [1.807, 2.05) is 6.92 Å². The Morgan fingerprint density at radius 3 is 2.17 bits per heavy atom. The molecule has 0 atom stereocenters. The molecule has 0 fully saturated rings. The van der Waals surface area contributed by atoms with Crippen molar-refractivity contribution in [3.63, 3.8) is 0 Å². The quantitative estimate of drug-likeness (QED) is 0.660. The number of aryl methyl sites for hydroxylation is 1. The van der Waals surface area contributed by atoms with E-state index >= 15 is 0 Å². The lowest BCUT2D eigenvalue weighted by Gasteiger charge is -2.23. The Labute approximate surface area is 132 Å². The summed E-state index contributed by atoms with van der Waals surface area (Å²) in [4.78, 5) is 23.2. The first kappa shape index (κ1) is 16.5. The Kier molecular flexibility index (Phi) is 4.63.